The van der Waals surface area contributed by atoms with Crippen LogP contribution in [0.2, 0.25) is 0 Å². The van der Waals surface area contributed by atoms with E-state index < -0.39 is 0 Å². The third-order valence-electron chi connectivity index (χ3n) is 4.20. The molecule has 0 fully saturated rings. The molecule has 108 valence electrons. The molecule has 0 spiro atoms. The van der Waals surface area contributed by atoms with Crippen molar-refractivity contribution in [2.45, 2.75) is 19.3 Å². The van der Waals surface area contributed by atoms with Gasteiger partial charge in [-0.15, -0.1) is 0 Å². The summed E-state index contributed by atoms with van der Waals surface area (Å²) >= 11 is 0. The highest BCUT2D eigenvalue weighted by Gasteiger charge is 2.18. The van der Waals surface area contributed by atoms with Crippen molar-refractivity contribution in [2.75, 3.05) is 6.61 Å². The zero-order valence-electron chi connectivity index (χ0n) is 12.6. The fourth-order valence-electron chi connectivity index (χ4n) is 3.08. The Morgan fingerprint density at radius 1 is 1.05 bits per heavy atom. The van der Waals surface area contributed by atoms with Crippen LogP contribution in [0.15, 0.2) is 54.7 Å². The number of rotatable bonds is 4. The predicted molar refractivity (Wildman–Crippen MR) is 87.6 cm³/mol. The van der Waals surface area contributed by atoms with Crippen molar-refractivity contribution in [1.82, 2.24) is 4.57 Å². The maximum absolute atomic E-state index is 9.49. The van der Waals surface area contributed by atoms with Gasteiger partial charge in [0.05, 0.1) is 0 Å². The summed E-state index contributed by atoms with van der Waals surface area (Å²) in [4.78, 5) is 0. The first-order valence-corrected chi connectivity index (χ1v) is 7.42. The highest BCUT2D eigenvalue weighted by molar-refractivity contribution is 5.85. The number of aliphatic hydroxyl groups excluding tert-OH is 1. The van der Waals surface area contributed by atoms with Crippen LogP contribution in [0.1, 0.15) is 29.0 Å². The van der Waals surface area contributed by atoms with E-state index in [2.05, 4.69) is 73.3 Å². The zero-order chi connectivity index (χ0) is 14.8. The Labute approximate surface area is 125 Å². The summed E-state index contributed by atoms with van der Waals surface area (Å²) in [6.45, 7) is 2.30. The van der Waals surface area contributed by atoms with Gasteiger partial charge in [-0.25, -0.2) is 0 Å². The van der Waals surface area contributed by atoms with Gasteiger partial charge in [-0.2, -0.15) is 0 Å². The van der Waals surface area contributed by atoms with Crippen LogP contribution in [-0.2, 0) is 7.05 Å². The van der Waals surface area contributed by atoms with Crippen LogP contribution >= 0.6 is 0 Å². The van der Waals surface area contributed by atoms with E-state index in [1.54, 1.807) is 0 Å². The molecule has 21 heavy (non-hydrogen) atoms. The summed E-state index contributed by atoms with van der Waals surface area (Å²) < 4.78 is 2.17. The van der Waals surface area contributed by atoms with Crippen molar-refractivity contribution >= 4 is 10.9 Å². The Hall–Kier alpha value is -2.06. The van der Waals surface area contributed by atoms with Crippen molar-refractivity contribution in [2.24, 2.45) is 7.05 Å². The number of nitrogens with zero attached hydrogens (tertiary/aromatic N) is 1. The molecular weight excluding hydrogens is 258 g/mol. The van der Waals surface area contributed by atoms with Gasteiger partial charge in [-0.05, 0) is 30.5 Å². The Balaban J connectivity index is 2.13. The van der Waals surface area contributed by atoms with Crippen molar-refractivity contribution in [3.05, 3.63) is 71.4 Å². The molecule has 0 aliphatic rings. The number of para-hydroxylation sites is 1. The third kappa shape index (κ3) is 2.59. The van der Waals surface area contributed by atoms with E-state index in [1.165, 1.54) is 27.6 Å². The topological polar surface area (TPSA) is 25.2 Å². The van der Waals surface area contributed by atoms with Gasteiger partial charge >= 0.3 is 0 Å². The third-order valence-corrected chi connectivity index (χ3v) is 4.20. The Morgan fingerprint density at radius 3 is 2.48 bits per heavy atom. The largest absolute Gasteiger partial charge is 0.396 e. The molecule has 0 radical (unpaired) electrons. The number of fused-ring (bicyclic) bond motifs is 1. The number of hydrogen-bond acceptors (Lipinski definition) is 1. The summed E-state index contributed by atoms with van der Waals surface area (Å²) in [5.74, 6) is 0.238. The minimum Gasteiger partial charge on any atom is -0.396 e. The molecule has 0 bridgehead atoms. The van der Waals surface area contributed by atoms with E-state index in [1.807, 2.05) is 0 Å². The second kappa shape index (κ2) is 5.74. The molecule has 0 unspecified atom stereocenters. The van der Waals surface area contributed by atoms with Gasteiger partial charge in [0.25, 0.3) is 0 Å². The first kappa shape index (κ1) is 13.9. The Morgan fingerprint density at radius 2 is 1.76 bits per heavy atom. The average molecular weight is 279 g/mol. The molecule has 1 atom stereocenters. The van der Waals surface area contributed by atoms with Gasteiger partial charge in [0.2, 0.25) is 0 Å². The second-order valence-electron chi connectivity index (χ2n) is 5.69. The smallest absolute Gasteiger partial charge is 0.0480 e. The number of aryl methyl sites for hydroxylation is 2. The van der Waals surface area contributed by atoms with Gasteiger partial charge in [-0.1, -0.05) is 48.0 Å². The lowest BCUT2D eigenvalue weighted by Gasteiger charge is -2.16. The summed E-state index contributed by atoms with van der Waals surface area (Å²) in [5, 5.41) is 10.8. The molecule has 1 aromatic heterocycles. The number of benzene rings is 2. The fraction of sp³-hybridized carbons (Fsp3) is 0.263. The molecule has 3 rings (SSSR count). The molecule has 2 heteroatoms. The van der Waals surface area contributed by atoms with Gasteiger partial charge in [0.15, 0.2) is 0 Å². The lowest BCUT2D eigenvalue weighted by atomic mass is 9.88. The van der Waals surface area contributed by atoms with Gasteiger partial charge < -0.3 is 9.67 Å². The normalized spacial score (nSPS) is 12.7. The molecule has 0 aliphatic heterocycles. The summed E-state index contributed by atoms with van der Waals surface area (Å²) in [6.07, 6.45) is 2.95. The van der Waals surface area contributed by atoms with Crippen molar-refractivity contribution in [1.29, 1.82) is 0 Å². The quantitative estimate of drug-likeness (QED) is 0.767. The standard InChI is InChI=1S/C19H21NO/c1-14-7-9-15(10-8-14)16(11-12-21)18-13-20(2)19-6-4-3-5-17(18)19/h3-10,13,16,21H,11-12H2,1-2H3/t16-/m0/s1. The van der Waals surface area contributed by atoms with E-state index in [9.17, 15) is 5.11 Å². The van der Waals surface area contributed by atoms with Crippen LogP contribution in [0.4, 0.5) is 0 Å². The van der Waals surface area contributed by atoms with Gasteiger partial charge in [0.1, 0.15) is 0 Å². The van der Waals surface area contributed by atoms with Crippen LogP contribution in [0.3, 0.4) is 0 Å². The molecule has 3 aromatic rings. The lowest BCUT2D eigenvalue weighted by Crippen LogP contribution is -2.03. The van der Waals surface area contributed by atoms with Crippen molar-refractivity contribution in [3.63, 3.8) is 0 Å². The van der Waals surface area contributed by atoms with E-state index in [-0.39, 0.29) is 12.5 Å². The van der Waals surface area contributed by atoms with Crippen molar-refractivity contribution in [3.8, 4) is 0 Å². The highest BCUT2D eigenvalue weighted by Crippen LogP contribution is 2.34. The molecule has 2 nitrogen and oxygen atoms in total. The van der Waals surface area contributed by atoms with E-state index in [4.69, 9.17) is 0 Å². The van der Waals surface area contributed by atoms with Crippen LogP contribution in [0.25, 0.3) is 10.9 Å². The molecule has 0 saturated heterocycles. The van der Waals surface area contributed by atoms with Crippen LogP contribution in [-0.4, -0.2) is 16.3 Å². The number of aliphatic hydroxyl groups is 1. The van der Waals surface area contributed by atoms with Crippen LogP contribution < -0.4 is 0 Å². The summed E-state index contributed by atoms with van der Waals surface area (Å²) in [6, 6.07) is 17.1. The van der Waals surface area contributed by atoms with Crippen LogP contribution in [0, 0.1) is 6.92 Å². The minimum atomic E-state index is 0.196. The van der Waals surface area contributed by atoms with E-state index in [0.29, 0.717) is 0 Å². The molecule has 0 aliphatic carbocycles. The van der Waals surface area contributed by atoms with Gasteiger partial charge in [0, 0.05) is 36.7 Å². The van der Waals surface area contributed by atoms with Gasteiger partial charge in [-0.3, -0.25) is 0 Å². The molecule has 1 N–H and O–H groups in total. The summed E-state index contributed by atoms with van der Waals surface area (Å²) in [7, 11) is 2.08. The van der Waals surface area contributed by atoms with E-state index in [0.717, 1.165) is 6.42 Å². The monoisotopic (exact) mass is 279 g/mol. The van der Waals surface area contributed by atoms with Crippen molar-refractivity contribution < 1.29 is 5.11 Å². The van der Waals surface area contributed by atoms with Crippen LogP contribution in [0.5, 0.6) is 0 Å². The highest BCUT2D eigenvalue weighted by atomic mass is 16.3. The number of hydrogen-bond donors (Lipinski definition) is 1. The SMILES string of the molecule is Cc1ccc([C@H](CCO)c2cn(C)c3ccccc23)cc1. The zero-order valence-corrected chi connectivity index (χ0v) is 12.6. The maximum Gasteiger partial charge on any atom is 0.0480 e. The molecule has 0 saturated carbocycles. The first-order valence-electron chi connectivity index (χ1n) is 7.42. The molecule has 2 aromatic carbocycles. The summed E-state index contributed by atoms with van der Waals surface area (Å²) in [5.41, 5.74) is 5.07. The predicted octanol–water partition coefficient (Wildman–Crippen LogP) is 4.00. The molecular formula is C19H21NO. The molecule has 0 amide bonds. The Kier molecular flexibility index (Phi) is 3.80. The number of aromatic nitrogens is 1. The lowest BCUT2D eigenvalue weighted by molar-refractivity contribution is 0.282. The average Bonchev–Trinajstić information content (AvgIpc) is 2.84. The molecule has 1 heterocycles. The first-order chi connectivity index (χ1) is 10.2. The maximum atomic E-state index is 9.49. The fourth-order valence-corrected chi connectivity index (χ4v) is 3.08. The minimum absolute atomic E-state index is 0.196. The Bertz CT molecular complexity index is 740. The van der Waals surface area contributed by atoms with E-state index >= 15 is 0 Å². The second-order valence-corrected chi connectivity index (χ2v) is 5.69.